The molecule has 0 aliphatic carbocycles. The number of ether oxygens (including phenoxy) is 1. The molecule has 0 aromatic heterocycles. The molecule has 130 valence electrons. The van der Waals surface area contributed by atoms with Crippen LogP contribution in [0.25, 0.3) is 0 Å². The summed E-state index contributed by atoms with van der Waals surface area (Å²) < 4.78 is 33.6. The van der Waals surface area contributed by atoms with Crippen molar-refractivity contribution < 1.29 is 13.2 Å². The van der Waals surface area contributed by atoms with Gasteiger partial charge in [-0.05, 0) is 49.1 Å². The average molecular weight is 347 g/mol. The Morgan fingerprint density at radius 2 is 1.62 bits per heavy atom. The highest BCUT2D eigenvalue weighted by molar-refractivity contribution is 7.89. The topological polar surface area (TPSA) is 55.4 Å². The Labute approximate surface area is 144 Å². The molecule has 2 aromatic rings. The number of hydrogen-bond donors (Lipinski definition) is 1. The zero-order valence-corrected chi connectivity index (χ0v) is 15.2. The van der Waals surface area contributed by atoms with Crippen LogP contribution in [0.5, 0.6) is 5.75 Å². The minimum atomic E-state index is -3.59. The van der Waals surface area contributed by atoms with Crippen LogP contribution in [-0.2, 0) is 10.0 Å². The predicted octanol–water partition coefficient (Wildman–Crippen LogP) is 4.15. The van der Waals surface area contributed by atoms with Crippen molar-refractivity contribution in [2.24, 2.45) is 5.92 Å². The molecule has 0 bridgehead atoms. The van der Waals surface area contributed by atoms with Crippen molar-refractivity contribution in [3.63, 3.8) is 0 Å². The number of hydrogen-bond acceptors (Lipinski definition) is 3. The van der Waals surface area contributed by atoms with Gasteiger partial charge >= 0.3 is 0 Å². The first-order chi connectivity index (χ1) is 11.4. The molecule has 0 unspecified atom stereocenters. The van der Waals surface area contributed by atoms with Gasteiger partial charge in [0.25, 0.3) is 0 Å². The Bertz CT molecular complexity index is 725. The molecule has 0 amide bonds. The molecule has 1 atom stereocenters. The smallest absolute Gasteiger partial charge is 0.241 e. The molecule has 0 saturated heterocycles. The van der Waals surface area contributed by atoms with E-state index in [0.29, 0.717) is 18.3 Å². The minimum Gasteiger partial charge on any atom is -0.494 e. The molecule has 5 heteroatoms. The van der Waals surface area contributed by atoms with Crippen LogP contribution < -0.4 is 9.46 Å². The molecular weight excluding hydrogens is 322 g/mol. The van der Waals surface area contributed by atoms with Gasteiger partial charge in [-0.15, -0.1) is 0 Å². The van der Waals surface area contributed by atoms with Crippen LogP contribution >= 0.6 is 0 Å². The lowest BCUT2D eigenvalue weighted by Crippen LogP contribution is -2.29. The van der Waals surface area contributed by atoms with Crippen LogP contribution in [0.15, 0.2) is 59.5 Å². The molecule has 2 rings (SSSR count). The van der Waals surface area contributed by atoms with Gasteiger partial charge in [0.2, 0.25) is 10.0 Å². The average Bonchev–Trinajstić information content (AvgIpc) is 2.55. The summed E-state index contributed by atoms with van der Waals surface area (Å²) in [7, 11) is -3.59. The first-order valence-electron chi connectivity index (χ1n) is 8.22. The third-order valence-corrected chi connectivity index (χ3v) is 5.14. The zero-order chi connectivity index (χ0) is 17.6. The molecular formula is C19H25NO3S. The number of sulfonamides is 1. The lowest BCUT2D eigenvalue weighted by atomic mass is 9.98. The van der Waals surface area contributed by atoms with Gasteiger partial charge in [0.15, 0.2) is 0 Å². The fourth-order valence-corrected chi connectivity index (χ4v) is 3.78. The highest BCUT2D eigenvalue weighted by Gasteiger charge is 2.22. The minimum absolute atomic E-state index is 0.246. The largest absolute Gasteiger partial charge is 0.494 e. The molecule has 0 saturated carbocycles. The Kier molecular flexibility index (Phi) is 6.40. The van der Waals surface area contributed by atoms with Gasteiger partial charge in [-0.3, -0.25) is 0 Å². The van der Waals surface area contributed by atoms with Crippen LogP contribution in [0.1, 0.15) is 38.8 Å². The van der Waals surface area contributed by atoms with Crippen molar-refractivity contribution in [2.45, 2.75) is 38.1 Å². The fraction of sp³-hybridized carbons (Fsp3) is 0.368. The monoisotopic (exact) mass is 347 g/mol. The molecule has 0 fully saturated rings. The normalized spacial score (nSPS) is 13.0. The van der Waals surface area contributed by atoms with Crippen molar-refractivity contribution in [2.75, 3.05) is 6.61 Å². The lowest BCUT2D eigenvalue weighted by molar-refractivity contribution is 0.340. The van der Waals surface area contributed by atoms with Crippen LogP contribution in [-0.4, -0.2) is 15.0 Å². The van der Waals surface area contributed by atoms with E-state index in [4.69, 9.17) is 4.74 Å². The van der Waals surface area contributed by atoms with Crippen molar-refractivity contribution >= 4 is 10.0 Å². The summed E-state index contributed by atoms with van der Waals surface area (Å²) in [5, 5.41) is 0. The van der Waals surface area contributed by atoms with E-state index in [9.17, 15) is 8.42 Å². The third-order valence-electron chi connectivity index (χ3n) is 3.65. The molecule has 0 aliphatic heterocycles. The summed E-state index contributed by atoms with van der Waals surface area (Å²) in [5.41, 5.74) is 0.973. The van der Waals surface area contributed by atoms with E-state index in [1.54, 1.807) is 24.3 Å². The summed E-state index contributed by atoms with van der Waals surface area (Å²) in [6.45, 7) is 6.61. The summed E-state index contributed by atoms with van der Waals surface area (Å²) >= 11 is 0. The van der Waals surface area contributed by atoms with Crippen molar-refractivity contribution in [1.29, 1.82) is 0 Å². The van der Waals surface area contributed by atoms with Crippen molar-refractivity contribution in [1.82, 2.24) is 4.72 Å². The van der Waals surface area contributed by atoms with Crippen molar-refractivity contribution in [3.05, 3.63) is 60.2 Å². The fourth-order valence-electron chi connectivity index (χ4n) is 2.55. The van der Waals surface area contributed by atoms with E-state index >= 15 is 0 Å². The maximum Gasteiger partial charge on any atom is 0.241 e. The van der Waals surface area contributed by atoms with E-state index in [0.717, 1.165) is 12.0 Å². The summed E-state index contributed by atoms with van der Waals surface area (Å²) in [6.07, 6.45) is 0.736. The van der Waals surface area contributed by atoms with Gasteiger partial charge in [0.05, 0.1) is 11.5 Å². The Morgan fingerprint density at radius 3 is 2.17 bits per heavy atom. The molecule has 0 spiro atoms. The highest BCUT2D eigenvalue weighted by atomic mass is 32.2. The lowest BCUT2D eigenvalue weighted by Gasteiger charge is -2.21. The first-order valence-corrected chi connectivity index (χ1v) is 9.71. The molecule has 2 aromatic carbocycles. The highest BCUT2D eigenvalue weighted by Crippen LogP contribution is 2.24. The maximum absolute atomic E-state index is 12.7. The van der Waals surface area contributed by atoms with Gasteiger partial charge < -0.3 is 4.74 Å². The summed E-state index contributed by atoms with van der Waals surface area (Å²) in [4.78, 5) is 0.246. The molecule has 0 radical (unpaired) electrons. The second-order valence-electron chi connectivity index (χ2n) is 6.12. The first kappa shape index (κ1) is 18.5. The van der Waals surface area contributed by atoms with Crippen molar-refractivity contribution in [3.8, 4) is 5.75 Å². The third kappa shape index (κ3) is 5.08. The number of benzene rings is 2. The Morgan fingerprint density at radius 1 is 1.00 bits per heavy atom. The quantitative estimate of drug-likeness (QED) is 0.780. The van der Waals surface area contributed by atoms with Gasteiger partial charge in [-0.1, -0.05) is 44.2 Å². The predicted molar refractivity (Wildman–Crippen MR) is 96.6 cm³/mol. The Balaban J connectivity index is 2.23. The molecule has 1 N–H and O–H groups in total. The van der Waals surface area contributed by atoms with E-state index in [1.807, 2.05) is 37.3 Å². The van der Waals surface area contributed by atoms with Gasteiger partial charge in [-0.25, -0.2) is 13.1 Å². The summed E-state index contributed by atoms with van der Waals surface area (Å²) in [6, 6.07) is 15.9. The van der Waals surface area contributed by atoms with Gasteiger partial charge in [0, 0.05) is 6.04 Å². The maximum atomic E-state index is 12.7. The van der Waals surface area contributed by atoms with Gasteiger partial charge in [-0.2, -0.15) is 0 Å². The molecule has 4 nitrogen and oxygen atoms in total. The van der Waals surface area contributed by atoms with E-state index in [-0.39, 0.29) is 10.9 Å². The van der Waals surface area contributed by atoms with E-state index in [1.165, 1.54) is 0 Å². The molecule has 0 aliphatic rings. The van der Waals surface area contributed by atoms with Gasteiger partial charge in [0.1, 0.15) is 5.75 Å². The number of nitrogens with one attached hydrogen (secondary N) is 1. The molecule has 0 heterocycles. The second kappa shape index (κ2) is 8.31. The van der Waals surface area contributed by atoms with Crippen LogP contribution in [0.2, 0.25) is 0 Å². The zero-order valence-electron chi connectivity index (χ0n) is 14.4. The standard InChI is InChI=1S/C19H25NO3S/c1-4-23-17-10-12-18(13-11-17)24(21,22)20-19(14-15(2)3)16-8-6-5-7-9-16/h5-13,15,19-20H,4,14H2,1-3H3/t19-/m0/s1. The Hall–Kier alpha value is -1.85. The number of rotatable bonds is 8. The van der Waals surface area contributed by atoms with E-state index in [2.05, 4.69) is 18.6 Å². The van der Waals surface area contributed by atoms with Crippen LogP contribution in [0.4, 0.5) is 0 Å². The van der Waals surface area contributed by atoms with E-state index < -0.39 is 10.0 Å². The van der Waals surface area contributed by atoms with Crippen LogP contribution in [0, 0.1) is 5.92 Å². The molecule has 24 heavy (non-hydrogen) atoms. The second-order valence-corrected chi connectivity index (χ2v) is 7.83. The van der Waals surface area contributed by atoms with Crippen LogP contribution in [0.3, 0.4) is 0 Å². The summed E-state index contributed by atoms with van der Waals surface area (Å²) in [5.74, 6) is 1.04. The SMILES string of the molecule is CCOc1ccc(S(=O)(=O)N[C@@H](CC(C)C)c2ccccc2)cc1.